The van der Waals surface area contributed by atoms with Crippen LogP contribution in [0.15, 0.2) is 28.0 Å². The molecule has 1 aliphatic rings. The molecule has 4 heteroatoms. The van der Waals surface area contributed by atoms with Crippen LogP contribution in [0.3, 0.4) is 0 Å². The van der Waals surface area contributed by atoms with Crippen LogP contribution in [0.1, 0.15) is 166 Å². The van der Waals surface area contributed by atoms with Crippen LogP contribution >= 0.6 is 57.5 Å². The molecule has 246 valence electrons. The highest BCUT2D eigenvalue weighted by Gasteiger charge is 2.22. The minimum absolute atomic E-state index is 1.26. The van der Waals surface area contributed by atoms with Crippen molar-refractivity contribution in [3.05, 3.63) is 32.9 Å². The van der Waals surface area contributed by atoms with Crippen molar-refractivity contribution in [2.75, 3.05) is 11.5 Å². The molecule has 2 aromatic carbocycles. The molecule has 0 unspecified atom stereocenters. The summed E-state index contributed by atoms with van der Waals surface area (Å²) in [6.07, 6.45) is 33.6. The molecule has 0 fully saturated rings. The predicted molar refractivity (Wildman–Crippen MR) is 214 cm³/mol. The number of benzene rings is 2. The zero-order valence-electron chi connectivity index (χ0n) is 28.2. The van der Waals surface area contributed by atoms with Crippen LogP contribution in [0.2, 0.25) is 0 Å². The molecule has 0 aliphatic heterocycles. The van der Waals surface area contributed by atoms with Crippen LogP contribution in [0.5, 0.6) is 0 Å². The molecule has 1 aliphatic carbocycles. The summed E-state index contributed by atoms with van der Waals surface area (Å²) in [6.45, 7) is 4.62. The van der Waals surface area contributed by atoms with Gasteiger partial charge in [-0.1, -0.05) is 135 Å². The maximum Gasteiger partial charge on any atom is 0.0502 e. The van der Waals surface area contributed by atoms with Crippen molar-refractivity contribution in [1.82, 2.24) is 0 Å². The van der Waals surface area contributed by atoms with Crippen LogP contribution in [-0.2, 0) is 12.8 Å². The summed E-state index contributed by atoms with van der Waals surface area (Å²) in [5, 5.41) is 3.18. The fraction of sp³-hybridized carbons (Fsp3) is 0.700. The van der Waals surface area contributed by atoms with E-state index in [-0.39, 0.29) is 0 Å². The van der Waals surface area contributed by atoms with E-state index < -0.39 is 0 Å². The van der Waals surface area contributed by atoms with E-state index >= 15 is 0 Å². The van der Waals surface area contributed by atoms with E-state index in [9.17, 15) is 0 Å². The van der Waals surface area contributed by atoms with E-state index in [0.717, 1.165) is 0 Å². The number of aryl methyl sites for hydroxylation is 2. The van der Waals surface area contributed by atoms with Gasteiger partial charge in [0.15, 0.2) is 0 Å². The lowest BCUT2D eigenvalue weighted by atomic mass is 9.88. The second kappa shape index (κ2) is 21.9. The summed E-state index contributed by atoms with van der Waals surface area (Å²) in [7, 11) is 0. The molecule has 0 saturated heterocycles. The Bertz CT molecular complexity index is 1230. The van der Waals surface area contributed by atoms with Crippen LogP contribution in [-0.4, -0.2) is 11.5 Å². The fourth-order valence-electron chi connectivity index (χ4n) is 6.96. The molecule has 0 bridgehead atoms. The summed E-state index contributed by atoms with van der Waals surface area (Å²) in [4.78, 5) is 3.15. The molecule has 0 N–H and O–H groups in total. The van der Waals surface area contributed by atoms with Gasteiger partial charge in [-0.25, -0.2) is 0 Å². The van der Waals surface area contributed by atoms with E-state index in [1.807, 2.05) is 0 Å². The molecule has 44 heavy (non-hydrogen) atoms. The topological polar surface area (TPSA) is 0 Å². The Morgan fingerprint density at radius 2 is 1.14 bits per heavy atom. The van der Waals surface area contributed by atoms with Gasteiger partial charge in [0.2, 0.25) is 0 Å². The Morgan fingerprint density at radius 3 is 1.73 bits per heavy atom. The van der Waals surface area contributed by atoms with Crippen molar-refractivity contribution < 1.29 is 0 Å². The molecule has 0 amide bonds. The Kier molecular flexibility index (Phi) is 18.3. The van der Waals surface area contributed by atoms with Crippen molar-refractivity contribution in [3.8, 4) is 0 Å². The SMILES string of the molecule is CCCCCCCCCCCCSc1c(I)ccc2c1sc1c(SCCCCCCCCCCCC)cc3c(c12)CCCC3. The van der Waals surface area contributed by atoms with Crippen molar-refractivity contribution in [1.29, 1.82) is 0 Å². The van der Waals surface area contributed by atoms with E-state index in [4.69, 9.17) is 0 Å². The predicted octanol–water partition coefficient (Wildman–Crippen LogP) is 15.6. The maximum absolute atomic E-state index is 2.62. The van der Waals surface area contributed by atoms with Crippen LogP contribution < -0.4 is 0 Å². The summed E-state index contributed by atoms with van der Waals surface area (Å²) in [5.41, 5.74) is 3.35. The van der Waals surface area contributed by atoms with Gasteiger partial charge in [0, 0.05) is 28.8 Å². The van der Waals surface area contributed by atoms with E-state index in [1.165, 1.54) is 169 Å². The Balaban J connectivity index is 1.33. The highest BCUT2D eigenvalue weighted by molar-refractivity contribution is 14.1. The third-order valence-electron chi connectivity index (χ3n) is 9.61. The van der Waals surface area contributed by atoms with Crippen LogP contribution in [0.4, 0.5) is 0 Å². The minimum Gasteiger partial charge on any atom is -0.133 e. The lowest BCUT2D eigenvalue weighted by molar-refractivity contribution is 0.563. The third kappa shape index (κ3) is 11.7. The van der Waals surface area contributed by atoms with Crippen molar-refractivity contribution >= 4 is 77.6 Å². The van der Waals surface area contributed by atoms with Gasteiger partial charge >= 0.3 is 0 Å². The Morgan fingerprint density at radius 1 is 0.614 bits per heavy atom. The lowest BCUT2D eigenvalue weighted by Gasteiger charge is -2.19. The Labute approximate surface area is 297 Å². The summed E-state index contributed by atoms with van der Waals surface area (Å²) < 4.78 is 4.62. The lowest BCUT2D eigenvalue weighted by Crippen LogP contribution is -2.03. The molecule has 3 aromatic rings. The van der Waals surface area contributed by atoms with Gasteiger partial charge in [0.25, 0.3) is 0 Å². The van der Waals surface area contributed by atoms with Gasteiger partial charge in [0.05, 0.1) is 4.70 Å². The monoisotopic (exact) mass is 764 g/mol. The molecular weight excluding hydrogens is 704 g/mol. The molecule has 1 aromatic heterocycles. The molecule has 0 saturated carbocycles. The van der Waals surface area contributed by atoms with Gasteiger partial charge in [0.1, 0.15) is 0 Å². The second-order valence-electron chi connectivity index (χ2n) is 13.3. The van der Waals surface area contributed by atoms with Gasteiger partial charge in [-0.3, -0.25) is 0 Å². The first-order valence-corrected chi connectivity index (χ1v) is 22.6. The first-order chi connectivity index (χ1) is 21.7. The zero-order valence-corrected chi connectivity index (χ0v) is 32.8. The number of halogens is 1. The summed E-state index contributed by atoms with van der Waals surface area (Å²) >= 11 is 9.04. The molecule has 1 heterocycles. The van der Waals surface area contributed by atoms with Crippen molar-refractivity contribution in [2.24, 2.45) is 0 Å². The van der Waals surface area contributed by atoms with E-state index in [0.29, 0.717) is 0 Å². The van der Waals surface area contributed by atoms with Gasteiger partial charge in [-0.05, 0) is 95.9 Å². The summed E-state index contributed by atoms with van der Waals surface area (Å²) in [6, 6.07) is 7.50. The first-order valence-electron chi connectivity index (χ1n) is 18.7. The van der Waals surface area contributed by atoms with E-state index in [2.05, 4.69) is 89.5 Å². The van der Waals surface area contributed by atoms with Gasteiger partial charge < -0.3 is 0 Å². The quantitative estimate of drug-likeness (QED) is 0.0506. The highest BCUT2D eigenvalue weighted by atomic mass is 127. The number of thiophene rings is 1. The Hall–Kier alpha value is 0.0900. The molecule has 0 spiro atoms. The number of unbranched alkanes of at least 4 members (excludes halogenated alkanes) is 18. The van der Waals surface area contributed by atoms with E-state index in [1.54, 1.807) is 41.1 Å². The zero-order chi connectivity index (χ0) is 30.8. The second-order valence-corrected chi connectivity index (χ2v) is 17.8. The van der Waals surface area contributed by atoms with Crippen molar-refractivity contribution in [3.63, 3.8) is 0 Å². The number of fused-ring (bicyclic) bond motifs is 5. The van der Waals surface area contributed by atoms with Crippen LogP contribution in [0.25, 0.3) is 20.2 Å². The summed E-state index contributed by atoms with van der Waals surface area (Å²) in [5.74, 6) is 2.54. The minimum atomic E-state index is 1.26. The largest absolute Gasteiger partial charge is 0.133 e. The fourth-order valence-corrected chi connectivity index (χ4v) is 11.9. The number of hydrogen-bond donors (Lipinski definition) is 0. The number of rotatable bonds is 24. The highest BCUT2D eigenvalue weighted by Crippen LogP contribution is 2.48. The molecule has 4 rings (SSSR count). The standard InChI is InChI=1S/C40H61IS3/c1-3-5-7-9-11-13-15-17-19-23-29-42-36-31-32-25-21-22-26-33(32)37-34-27-28-35(41)39(38(34)44-40(36)37)43-30-24-20-18-16-14-12-10-8-6-4-2/h27-28,31H,3-26,29-30H2,1-2H3. The average Bonchev–Trinajstić information content (AvgIpc) is 3.43. The normalized spacial score (nSPS) is 13.3. The van der Waals surface area contributed by atoms with Crippen molar-refractivity contribution in [2.45, 2.75) is 178 Å². The van der Waals surface area contributed by atoms with Gasteiger partial charge in [-0.2, -0.15) is 0 Å². The number of hydrogen-bond acceptors (Lipinski definition) is 3. The maximum atomic E-state index is 2.62. The smallest absolute Gasteiger partial charge is 0.0502 e. The third-order valence-corrected chi connectivity index (χ3v) is 14.7. The van der Waals surface area contributed by atoms with Crippen LogP contribution in [0, 0.1) is 3.57 Å². The first kappa shape index (κ1) is 36.9. The van der Waals surface area contributed by atoms with Gasteiger partial charge in [-0.15, -0.1) is 34.9 Å². The average molecular weight is 765 g/mol. The number of thioether (sulfide) groups is 2. The molecule has 0 radical (unpaired) electrons. The molecular formula is C40H61IS3. The molecule has 0 atom stereocenters. The molecule has 0 nitrogen and oxygen atoms in total.